The van der Waals surface area contributed by atoms with Crippen molar-refractivity contribution in [3.8, 4) is 11.4 Å². The van der Waals surface area contributed by atoms with Crippen molar-refractivity contribution < 1.29 is 9.90 Å². The summed E-state index contributed by atoms with van der Waals surface area (Å²) >= 11 is 0. The van der Waals surface area contributed by atoms with E-state index in [4.69, 9.17) is 10.1 Å². The monoisotopic (exact) mass is 326 g/mol. The summed E-state index contributed by atoms with van der Waals surface area (Å²) < 4.78 is 0. The van der Waals surface area contributed by atoms with Crippen molar-refractivity contribution in [3.63, 3.8) is 0 Å². The molecule has 1 aliphatic heterocycles. The number of benzene rings is 1. The van der Waals surface area contributed by atoms with Gasteiger partial charge in [0.05, 0.1) is 6.54 Å². The van der Waals surface area contributed by atoms with E-state index in [0.717, 1.165) is 49.1 Å². The highest BCUT2D eigenvalue weighted by molar-refractivity contribution is 5.69. The molecule has 0 saturated carbocycles. The van der Waals surface area contributed by atoms with Gasteiger partial charge in [-0.3, -0.25) is 9.69 Å². The smallest absolute Gasteiger partial charge is 0.317 e. The second-order valence-electron chi connectivity index (χ2n) is 6.21. The van der Waals surface area contributed by atoms with Gasteiger partial charge < -0.3 is 10.0 Å². The molecular weight excluding hydrogens is 304 g/mol. The summed E-state index contributed by atoms with van der Waals surface area (Å²) in [5.74, 6) is 0.869. The van der Waals surface area contributed by atoms with Crippen LogP contribution in [0.5, 0.6) is 0 Å². The molecule has 1 aliphatic rings. The molecule has 2 aromatic rings. The van der Waals surface area contributed by atoms with E-state index in [2.05, 4.69) is 28.9 Å². The van der Waals surface area contributed by atoms with Gasteiger partial charge in [-0.05, 0) is 13.8 Å². The number of hydrogen-bond donors (Lipinski definition) is 1. The fourth-order valence-corrected chi connectivity index (χ4v) is 2.87. The van der Waals surface area contributed by atoms with Gasteiger partial charge in [0, 0.05) is 43.5 Å². The summed E-state index contributed by atoms with van der Waals surface area (Å²) in [5, 5.41) is 8.89. The van der Waals surface area contributed by atoms with Crippen LogP contribution in [0.4, 0.5) is 5.82 Å². The third-order valence-electron chi connectivity index (χ3n) is 4.21. The van der Waals surface area contributed by atoms with Crippen LogP contribution in [-0.2, 0) is 4.79 Å². The maximum atomic E-state index is 10.8. The van der Waals surface area contributed by atoms with E-state index in [-0.39, 0.29) is 6.54 Å². The number of rotatable bonds is 4. The topological polar surface area (TPSA) is 69.6 Å². The molecule has 6 nitrogen and oxygen atoms in total. The number of hydrogen-bond acceptors (Lipinski definition) is 5. The van der Waals surface area contributed by atoms with Gasteiger partial charge in [-0.15, -0.1) is 0 Å². The van der Waals surface area contributed by atoms with Gasteiger partial charge in [0.2, 0.25) is 0 Å². The predicted octanol–water partition coefficient (Wildman–Crippen LogP) is 1.97. The van der Waals surface area contributed by atoms with Gasteiger partial charge in [0.25, 0.3) is 0 Å². The van der Waals surface area contributed by atoms with Gasteiger partial charge in [0.1, 0.15) is 5.82 Å². The number of anilines is 1. The molecule has 1 aromatic carbocycles. The van der Waals surface area contributed by atoms with Crippen LogP contribution in [0.1, 0.15) is 11.3 Å². The Balaban J connectivity index is 1.77. The Morgan fingerprint density at radius 1 is 1.08 bits per heavy atom. The number of aromatic nitrogens is 2. The maximum Gasteiger partial charge on any atom is 0.317 e. The quantitative estimate of drug-likeness (QED) is 0.926. The molecule has 3 rings (SSSR count). The summed E-state index contributed by atoms with van der Waals surface area (Å²) in [5.41, 5.74) is 3.15. The van der Waals surface area contributed by atoms with Crippen LogP contribution in [0.15, 0.2) is 30.3 Å². The average Bonchev–Trinajstić information content (AvgIpc) is 2.55. The molecule has 0 bridgehead atoms. The second-order valence-corrected chi connectivity index (χ2v) is 6.21. The van der Waals surface area contributed by atoms with Crippen molar-refractivity contribution >= 4 is 11.8 Å². The largest absolute Gasteiger partial charge is 0.480 e. The van der Waals surface area contributed by atoms with E-state index < -0.39 is 5.97 Å². The number of nitrogens with zero attached hydrogens (tertiary/aromatic N) is 4. The van der Waals surface area contributed by atoms with E-state index >= 15 is 0 Å². The molecule has 1 saturated heterocycles. The Bertz CT molecular complexity index is 722. The Labute approximate surface area is 141 Å². The van der Waals surface area contributed by atoms with Gasteiger partial charge >= 0.3 is 5.97 Å². The zero-order chi connectivity index (χ0) is 17.1. The summed E-state index contributed by atoms with van der Waals surface area (Å²) in [6, 6.07) is 10.2. The highest BCUT2D eigenvalue weighted by Crippen LogP contribution is 2.21. The van der Waals surface area contributed by atoms with Crippen molar-refractivity contribution in [2.24, 2.45) is 0 Å². The van der Waals surface area contributed by atoms with Crippen molar-refractivity contribution in [2.75, 3.05) is 37.6 Å². The lowest BCUT2D eigenvalue weighted by Gasteiger charge is -2.34. The van der Waals surface area contributed by atoms with Crippen LogP contribution < -0.4 is 4.90 Å². The first-order chi connectivity index (χ1) is 11.5. The van der Waals surface area contributed by atoms with Gasteiger partial charge in [-0.25, -0.2) is 9.97 Å². The number of aliphatic carboxylic acids is 1. The number of aryl methyl sites for hydroxylation is 2. The van der Waals surface area contributed by atoms with Gasteiger partial charge in [0.15, 0.2) is 5.82 Å². The molecule has 0 unspecified atom stereocenters. The van der Waals surface area contributed by atoms with Crippen LogP contribution >= 0.6 is 0 Å². The first-order valence-corrected chi connectivity index (χ1v) is 8.13. The molecule has 1 fully saturated rings. The predicted molar refractivity (Wildman–Crippen MR) is 93.2 cm³/mol. The molecule has 1 aromatic heterocycles. The Morgan fingerprint density at radius 3 is 2.38 bits per heavy atom. The summed E-state index contributed by atoms with van der Waals surface area (Å²) in [7, 11) is 0. The normalized spacial score (nSPS) is 15.5. The van der Waals surface area contributed by atoms with Crippen molar-refractivity contribution in [1.82, 2.24) is 14.9 Å². The highest BCUT2D eigenvalue weighted by Gasteiger charge is 2.20. The zero-order valence-electron chi connectivity index (χ0n) is 14.1. The molecule has 6 heteroatoms. The zero-order valence-corrected chi connectivity index (χ0v) is 14.1. The van der Waals surface area contributed by atoms with Gasteiger partial charge in [-0.1, -0.05) is 29.8 Å². The number of carboxylic acid groups (broad SMARTS) is 1. The molecule has 126 valence electrons. The average molecular weight is 326 g/mol. The van der Waals surface area contributed by atoms with Gasteiger partial charge in [-0.2, -0.15) is 0 Å². The molecule has 0 amide bonds. The first-order valence-electron chi connectivity index (χ1n) is 8.13. The van der Waals surface area contributed by atoms with E-state index in [0.29, 0.717) is 0 Å². The minimum absolute atomic E-state index is 0.102. The molecule has 0 radical (unpaired) electrons. The molecule has 1 N–H and O–H groups in total. The molecule has 0 atom stereocenters. The van der Waals surface area contributed by atoms with Crippen LogP contribution in [0.3, 0.4) is 0 Å². The Kier molecular flexibility index (Phi) is 4.76. The first kappa shape index (κ1) is 16.4. The second kappa shape index (κ2) is 6.97. The summed E-state index contributed by atoms with van der Waals surface area (Å²) in [6.45, 7) is 7.15. The molecule has 24 heavy (non-hydrogen) atoms. The lowest BCUT2D eigenvalue weighted by Crippen LogP contribution is -2.48. The Hall–Kier alpha value is -2.47. The van der Waals surface area contributed by atoms with Crippen molar-refractivity contribution in [1.29, 1.82) is 0 Å². The van der Waals surface area contributed by atoms with E-state index in [1.165, 1.54) is 5.56 Å². The third kappa shape index (κ3) is 3.89. The lowest BCUT2D eigenvalue weighted by molar-refractivity contribution is -0.138. The maximum absolute atomic E-state index is 10.8. The van der Waals surface area contributed by atoms with Crippen LogP contribution in [-0.4, -0.2) is 58.7 Å². The van der Waals surface area contributed by atoms with E-state index in [1.807, 2.05) is 30.0 Å². The van der Waals surface area contributed by atoms with Crippen molar-refractivity contribution in [3.05, 3.63) is 41.6 Å². The Morgan fingerprint density at radius 2 is 1.75 bits per heavy atom. The number of carbonyl (C=O) groups is 1. The molecule has 0 aliphatic carbocycles. The molecular formula is C18H22N4O2. The SMILES string of the molecule is Cc1ccc(-c2nc(C)cc(N3CCN(CC(=O)O)CC3)n2)cc1. The lowest BCUT2D eigenvalue weighted by atomic mass is 10.1. The molecule has 2 heterocycles. The van der Waals surface area contributed by atoms with Crippen LogP contribution in [0, 0.1) is 13.8 Å². The summed E-state index contributed by atoms with van der Waals surface area (Å²) in [4.78, 5) is 24.2. The molecule has 0 spiro atoms. The number of piperazine rings is 1. The fourth-order valence-electron chi connectivity index (χ4n) is 2.87. The standard InChI is InChI=1S/C18H22N4O2/c1-13-3-5-15(6-4-13)18-19-14(2)11-16(20-18)22-9-7-21(8-10-22)12-17(23)24/h3-6,11H,7-10,12H2,1-2H3,(H,23,24). The third-order valence-corrected chi connectivity index (χ3v) is 4.21. The van der Waals surface area contributed by atoms with Crippen LogP contribution in [0.2, 0.25) is 0 Å². The fraction of sp³-hybridized carbons (Fsp3) is 0.389. The van der Waals surface area contributed by atoms with Crippen LogP contribution in [0.25, 0.3) is 11.4 Å². The minimum Gasteiger partial charge on any atom is -0.480 e. The highest BCUT2D eigenvalue weighted by atomic mass is 16.4. The van der Waals surface area contributed by atoms with Crippen molar-refractivity contribution in [2.45, 2.75) is 13.8 Å². The summed E-state index contributed by atoms with van der Waals surface area (Å²) in [6.07, 6.45) is 0. The van der Waals surface area contributed by atoms with E-state index in [9.17, 15) is 4.79 Å². The van der Waals surface area contributed by atoms with E-state index in [1.54, 1.807) is 0 Å². The minimum atomic E-state index is -0.775. The number of carboxylic acids is 1.